The van der Waals surface area contributed by atoms with Crippen molar-refractivity contribution in [2.45, 2.75) is 97.6 Å². The summed E-state index contributed by atoms with van der Waals surface area (Å²) in [6.07, 6.45) is 7.34. The third kappa shape index (κ3) is 7.31. The molecular formula is C26H44N2O4. The molecule has 0 N–H and O–H groups in total. The molecule has 182 valence electrons. The SMILES string of the molecule is C=CCN(CC=C)[C@@H]1CC(C(=O)OCC)=C[C@H](OC(CC)CC)[C@H]1N(C(C)=O)C(C)(C)C. The molecule has 32 heavy (non-hydrogen) atoms. The Morgan fingerprint density at radius 1 is 1.16 bits per heavy atom. The fraction of sp³-hybridized carbons (Fsp3) is 0.692. The molecule has 0 unspecified atom stereocenters. The standard InChI is InChI=1S/C26H44N2O4/c1-10-15-27(16-11-2)22-17-20(25(30)31-14-5)18-23(32-21(12-3)13-4)24(22)28(19(6)29)26(7,8)9/h10-11,18,21-24H,1-2,12-17H2,3-9H3/t22-,23+,24+/m1/s1. The van der Waals surface area contributed by atoms with Crippen LogP contribution in [0.15, 0.2) is 37.0 Å². The zero-order valence-corrected chi connectivity index (χ0v) is 21.2. The Hall–Kier alpha value is -1.92. The minimum absolute atomic E-state index is 0.0178. The summed E-state index contributed by atoms with van der Waals surface area (Å²) in [7, 11) is 0. The topological polar surface area (TPSA) is 59.1 Å². The number of carbonyl (C=O) groups is 2. The second-order valence-corrected chi connectivity index (χ2v) is 9.30. The number of ether oxygens (including phenoxy) is 2. The highest BCUT2D eigenvalue weighted by atomic mass is 16.5. The summed E-state index contributed by atoms with van der Waals surface area (Å²) in [6.45, 7) is 23.1. The van der Waals surface area contributed by atoms with E-state index in [2.05, 4.69) is 31.9 Å². The molecule has 0 heterocycles. The van der Waals surface area contributed by atoms with Crippen LogP contribution in [0.4, 0.5) is 0 Å². The van der Waals surface area contributed by atoms with Crippen molar-refractivity contribution in [3.8, 4) is 0 Å². The average Bonchev–Trinajstić information content (AvgIpc) is 2.71. The van der Waals surface area contributed by atoms with E-state index >= 15 is 0 Å². The smallest absolute Gasteiger partial charge is 0.333 e. The third-order valence-electron chi connectivity index (χ3n) is 5.88. The van der Waals surface area contributed by atoms with E-state index in [9.17, 15) is 9.59 Å². The number of esters is 1. The molecule has 0 fully saturated rings. The molecule has 0 saturated carbocycles. The molecule has 0 radical (unpaired) electrons. The monoisotopic (exact) mass is 448 g/mol. The molecule has 0 saturated heterocycles. The van der Waals surface area contributed by atoms with Crippen LogP contribution in [0.3, 0.4) is 0 Å². The van der Waals surface area contributed by atoms with Gasteiger partial charge >= 0.3 is 5.97 Å². The summed E-state index contributed by atoms with van der Waals surface area (Å²) < 4.78 is 11.9. The zero-order chi connectivity index (χ0) is 24.5. The lowest BCUT2D eigenvalue weighted by Crippen LogP contribution is -2.65. The lowest BCUT2D eigenvalue weighted by atomic mass is 9.83. The normalized spacial score (nSPS) is 21.3. The highest BCUT2D eigenvalue weighted by Crippen LogP contribution is 2.34. The van der Waals surface area contributed by atoms with Crippen molar-refractivity contribution in [1.29, 1.82) is 0 Å². The van der Waals surface area contributed by atoms with E-state index in [4.69, 9.17) is 9.47 Å². The van der Waals surface area contributed by atoms with Gasteiger partial charge in [0.1, 0.15) is 0 Å². The van der Waals surface area contributed by atoms with Crippen LogP contribution in [0.25, 0.3) is 0 Å². The summed E-state index contributed by atoms with van der Waals surface area (Å²) in [6, 6.07) is -0.427. The lowest BCUT2D eigenvalue weighted by Gasteiger charge is -2.51. The minimum atomic E-state index is -0.432. The quantitative estimate of drug-likeness (QED) is 0.325. The Morgan fingerprint density at radius 3 is 2.12 bits per heavy atom. The van der Waals surface area contributed by atoms with Gasteiger partial charge in [-0.1, -0.05) is 26.0 Å². The van der Waals surface area contributed by atoms with Crippen LogP contribution in [0.5, 0.6) is 0 Å². The van der Waals surface area contributed by atoms with Gasteiger partial charge in [0.2, 0.25) is 5.91 Å². The molecule has 1 aliphatic carbocycles. The summed E-state index contributed by atoms with van der Waals surface area (Å²) >= 11 is 0. The number of hydrogen-bond acceptors (Lipinski definition) is 5. The van der Waals surface area contributed by atoms with Gasteiger partial charge in [0.05, 0.1) is 24.9 Å². The van der Waals surface area contributed by atoms with Gasteiger partial charge in [-0.15, -0.1) is 13.2 Å². The van der Waals surface area contributed by atoms with Crippen molar-refractivity contribution < 1.29 is 19.1 Å². The molecule has 1 aliphatic rings. The van der Waals surface area contributed by atoms with Crippen LogP contribution < -0.4 is 0 Å². The van der Waals surface area contributed by atoms with Gasteiger partial charge in [-0.2, -0.15) is 0 Å². The third-order valence-corrected chi connectivity index (χ3v) is 5.88. The maximum atomic E-state index is 13.0. The first kappa shape index (κ1) is 28.1. The largest absolute Gasteiger partial charge is 0.463 e. The second kappa shape index (κ2) is 12.9. The highest BCUT2D eigenvalue weighted by molar-refractivity contribution is 5.89. The van der Waals surface area contributed by atoms with Crippen LogP contribution in [-0.2, 0) is 19.1 Å². The Labute approximate surface area is 195 Å². The minimum Gasteiger partial charge on any atom is -0.463 e. The maximum Gasteiger partial charge on any atom is 0.333 e. The molecule has 1 rings (SSSR count). The van der Waals surface area contributed by atoms with Crippen molar-refractivity contribution >= 4 is 11.9 Å². The number of hydrogen-bond donors (Lipinski definition) is 0. The van der Waals surface area contributed by atoms with Crippen molar-refractivity contribution in [2.75, 3.05) is 19.7 Å². The summed E-state index contributed by atoms with van der Waals surface area (Å²) in [5, 5.41) is 0. The van der Waals surface area contributed by atoms with Crippen molar-refractivity contribution in [3.05, 3.63) is 37.0 Å². The van der Waals surface area contributed by atoms with Gasteiger partial charge in [0, 0.05) is 37.2 Å². The van der Waals surface area contributed by atoms with Crippen LogP contribution in [-0.4, -0.2) is 71.2 Å². The first-order chi connectivity index (χ1) is 15.0. The highest BCUT2D eigenvalue weighted by Gasteiger charge is 2.46. The maximum absolute atomic E-state index is 13.0. The summed E-state index contributed by atoms with van der Waals surface area (Å²) in [5.74, 6) is -0.341. The molecular weight excluding hydrogens is 404 g/mol. The van der Waals surface area contributed by atoms with Crippen LogP contribution in [0.2, 0.25) is 0 Å². The van der Waals surface area contributed by atoms with Crippen LogP contribution in [0, 0.1) is 0 Å². The van der Waals surface area contributed by atoms with Gasteiger partial charge in [0.25, 0.3) is 0 Å². The van der Waals surface area contributed by atoms with Crippen LogP contribution >= 0.6 is 0 Å². The second-order valence-electron chi connectivity index (χ2n) is 9.30. The first-order valence-electron chi connectivity index (χ1n) is 11.8. The molecule has 0 bridgehead atoms. The molecule has 0 aromatic rings. The van der Waals surface area contributed by atoms with Gasteiger partial charge < -0.3 is 14.4 Å². The summed E-state index contributed by atoms with van der Waals surface area (Å²) in [5.41, 5.74) is 0.174. The predicted octanol–water partition coefficient (Wildman–Crippen LogP) is 4.51. The van der Waals surface area contributed by atoms with Gasteiger partial charge in [-0.05, 0) is 53.0 Å². The fourth-order valence-corrected chi connectivity index (χ4v) is 4.60. The van der Waals surface area contributed by atoms with Crippen molar-refractivity contribution in [1.82, 2.24) is 9.80 Å². The van der Waals surface area contributed by atoms with E-state index < -0.39 is 11.6 Å². The molecule has 6 nitrogen and oxygen atoms in total. The molecule has 1 amide bonds. The molecule has 6 heteroatoms. The van der Waals surface area contributed by atoms with E-state index in [1.54, 1.807) is 13.8 Å². The first-order valence-corrected chi connectivity index (χ1v) is 11.8. The summed E-state index contributed by atoms with van der Waals surface area (Å²) in [4.78, 5) is 29.9. The van der Waals surface area contributed by atoms with E-state index in [-0.39, 0.29) is 30.1 Å². The lowest BCUT2D eigenvalue weighted by molar-refractivity contribution is -0.149. The number of rotatable bonds is 12. The van der Waals surface area contributed by atoms with Gasteiger partial charge in [-0.25, -0.2) is 4.79 Å². The number of nitrogens with zero attached hydrogens (tertiary/aromatic N) is 2. The molecule has 0 spiro atoms. The van der Waals surface area contributed by atoms with Crippen LogP contribution in [0.1, 0.15) is 67.7 Å². The Bertz CT molecular complexity index is 666. The molecule has 0 aromatic heterocycles. The Morgan fingerprint density at radius 2 is 1.72 bits per heavy atom. The van der Waals surface area contributed by atoms with E-state index in [1.807, 2.05) is 43.9 Å². The van der Waals surface area contributed by atoms with E-state index in [0.717, 1.165) is 12.8 Å². The van der Waals surface area contributed by atoms with E-state index in [1.165, 1.54) is 0 Å². The Balaban J connectivity index is 3.69. The van der Waals surface area contributed by atoms with Gasteiger partial charge in [0.15, 0.2) is 0 Å². The molecule has 3 atom stereocenters. The average molecular weight is 449 g/mol. The zero-order valence-electron chi connectivity index (χ0n) is 21.2. The molecule has 0 aliphatic heterocycles. The van der Waals surface area contributed by atoms with Crippen molar-refractivity contribution in [3.63, 3.8) is 0 Å². The van der Waals surface area contributed by atoms with Gasteiger partial charge in [-0.3, -0.25) is 9.69 Å². The number of carbonyl (C=O) groups excluding carboxylic acids is 2. The van der Waals surface area contributed by atoms with Crippen molar-refractivity contribution in [2.24, 2.45) is 0 Å². The fourth-order valence-electron chi connectivity index (χ4n) is 4.60. The Kier molecular flexibility index (Phi) is 11.4. The van der Waals surface area contributed by atoms with E-state index in [0.29, 0.717) is 31.7 Å². The predicted molar refractivity (Wildman–Crippen MR) is 130 cm³/mol. The molecule has 0 aromatic carbocycles. The number of amides is 1.